The topological polar surface area (TPSA) is 44.8 Å². The van der Waals surface area contributed by atoms with Gasteiger partial charge in [-0.1, -0.05) is 12.1 Å². The number of hydrogen-bond acceptors (Lipinski definition) is 4. The van der Waals surface area contributed by atoms with Crippen molar-refractivity contribution in [2.45, 2.75) is 39.5 Å². The minimum atomic E-state index is 0.0802. The molecule has 2 rings (SSSR count). The summed E-state index contributed by atoms with van der Waals surface area (Å²) in [6.45, 7) is 10.2. The quantitative estimate of drug-likeness (QED) is 0.867. The molecule has 0 aliphatic carbocycles. The summed E-state index contributed by atoms with van der Waals surface area (Å²) in [5, 5.41) is 3.01. The zero-order chi connectivity index (χ0) is 16.8. The second kappa shape index (κ2) is 8.31. The van der Waals surface area contributed by atoms with Crippen LogP contribution in [0.1, 0.15) is 26.3 Å². The lowest BCUT2D eigenvalue weighted by Crippen LogP contribution is -2.53. The number of amides is 1. The highest BCUT2D eigenvalue weighted by molar-refractivity contribution is 5.78. The van der Waals surface area contributed by atoms with E-state index in [2.05, 4.69) is 29.1 Å². The van der Waals surface area contributed by atoms with Gasteiger partial charge in [0.15, 0.2) is 0 Å². The number of carbonyl (C=O) groups excluding carboxylic acids is 1. The van der Waals surface area contributed by atoms with Gasteiger partial charge in [-0.3, -0.25) is 9.69 Å². The first kappa shape index (κ1) is 17.8. The summed E-state index contributed by atoms with van der Waals surface area (Å²) < 4.78 is 5.68. The zero-order valence-electron chi connectivity index (χ0n) is 14.7. The highest BCUT2D eigenvalue weighted by Crippen LogP contribution is 2.15. The molecule has 1 heterocycles. The molecule has 5 heteroatoms. The molecule has 0 saturated carbocycles. The zero-order valence-corrected chi connectivity index (χ0v) is 14.7. The van der Waals surface area contributed by atoms with Gasteiger partial charge in [0.2, 0.25) is 5.91 Å². The van der Waals surface area contributed by atoms with Crippen LogP contribution in [-0.4, -0.2) is 61.1 Å². The third kappa shape index (κ3) is 5.84. The highest BCUT2D eigenvalue weighted by Gasteiger charge is 2.22. The Morgan fingerprint density at radius 2 is 2.17 bits per heavy atom. The van der Waals surface area contributed by atoms with E-state index in [1.165, 1.54) is 0 Å². The second-order valence-electron chi connectivity index (χ2n) is 6.67. The van der Waals surface area contributed by atoms with E-state index in [9.17, 15) is 4.79 Å². The fraction of sp³-hybridized carbons (Fsp3) is 0.611. The third-order valence-electron chi connectivity index (χ3n) is 4.07. The Balaban J connectivity index is 1.80. The molecule has 5 nitrogen and oxygen atoms in total. The van der Waals surface area contributed by atoms with E-state index >= 15 is 0 Å². The lowest BCUT2D eigenvalue weighted by atomic mass is 10.2. The normalized spacial score (nSPS) is 19.8. The number of piperazine rings is 1. The number of nitrogens with zero attached hydrogens (tertiary/aromatic N) is 2. The van der Waals surface area contributed by atoms with Crippen molar-refractivity contribution in [3.05, 3.63) is 29.8 Å². The number of hydrogen-bond donors (Lipinski definition) is 1. The number of rotatable bonds is 6. The van der Waals surface area contributed by atoms with E-state index in [1.54, 1.807) is 0 Å². The summed E-state index contributed by atoms with van der Waals surface area (Å²) in [5.41, 5.74) is 1.06. The molecular weight excluding hydrogens is 290 g/mol. The number of carbonyl (C=O) groups is 1. The molecule has 0 spiro atoms. The largest absolute Gasteiger partial charge is 0.491 e. The van der Waals surface area contributed by atoms with E-state index in [0.717, 1.165) is 30.9 Å². The van der Waals surface area contributed by atoms with Crippen LogP contribution in [0.3, 0.4) is 0 Å². The van der Waals surface area contributed by atoms with E-state index < -0.39 is 0 Å². The molecule has 0 bridgehead atoms. The Morgan fingerprint density at radius 1 is 1.39 bits per heavy atom. The molecule has 1 aromatic carbocycles. The smallest absolute Gasteiger partial charge is 0.234 e. The van der Waals surface area contributed by atoms with Crippen LogP contribution in [0.2, 0.25) is 0 Å². The first-order valence-electron chi connectivity index (χ1n) is 8.39. The Bertz CT molecular complexity index is 519. The van der Waals surface area contributed by atoms with E-state index in [0.29, 0.717) is 19.1 Å². The van der Waals surface area contributed by atoms with Gasteiger partial charge < -0.3 is 15.0 Å². The SMILES string of the molecule is CC(C)Oc1cccc(CNC(=O)CN2CCN(C)C[C@@H]2C)c1. The molecule has 0 radical (unpaired) electrons. The molecule has 1 fully saturated rings. The van der Waals surface area contributed by atoms with Crippen molar-refractivity contribution in [2.24, 2.45) is 0 Å². The van der Waals surface area contributed by atoms with Crippen molar-refractivity contribution in [1.82, 2.24) is 15.1 Å². The molecule has 1 saturated heterocycles. The van der Waals surface area contributed by atoms with E-state index in [4.69, 9.17) is 4.74 Å². The standard InChI is InChI=1S/C18H29N3O2/c1-14(2)23-17-7-5-6-16(10-17)11-19-18(22)13-21-9-8-20(4)12-15(21)3/h5-7,10,14-15H,8-9,11-13H2,1-4H3,(H,19,22)/t15-/m0/s1. The molecule has 1 N–H and O–H groups in total. The lowest BCUT2D eigenvalue weighted by molar-refractivity contribution is -0.123. The van der Waals surface area contributed by atoms with Crippen molar-refractivity contribution in [1.29, 1.82) is 0 Å². The van der Waals surface area contributed by atoms with Gasteiger partial charge in [-0.2, -0.15) is 0 Å². The van der Waals surface area contributed by atoms with Gasteiger partial charge >= 0.3 is 0 Å². The maximum atomic E-state index is 12.2. The van der Waals surface area contributed by atoms with Gasteiger partial charge in [0.05, 0.1) is 12.6 Å². The minimum absolute atomic E-state index is 0.0802. The molecule has 0 unspecified atom stereocenters. The van der Waals surface area contributed by atoms with Crippen LogP contribution in [0.25, 0.3) is 0 Å². The number of benzene rings is 1. The third-order valence-corrected chi connectivity index (χ3v) is 4.07. The van der Waals surface area contributed by atoms with Crippen LogP contribution in [0.4, 0.5) is 0 Å². The maximum Gasteiger partial charge on any atom is 0.234 e. The van der Waals surface area contributed by atoms with Crippen molar-refractivity contribution in [3.63, 3.8) is 0 Å². The molecule has 1 atom stereocenters. The fourth-order valence-electron chi connectivity index (χ4n) is 2.85. The number of ether oxygens (including phenoxy) is 1. The molecular formula is C18H29N3O2. The molecule has 23 heavy (non-hydrogen) atoms. The first-order valence-corrected chi connectivity index (χ1v) is 8.39. The number of likely N-dealkylation sites (N-methyl/N-ethyl adjacent to an activating group) is 1. The van der Waals surface area contributed by atoms with Gasteiger partial charge in [0.1, 0.15) is 5.75 Å². The van der Waals surface area contributed by atoms with Gasteiger partial charge in [-0.05, 0) is 45.5 Å². The van der Waals surface area contributed by atoms with Crippen molar-refractivity contribution >= 4 is 5.91 Å². The van der Waals surface area contributed by atoms with Gasteiger partial charge in [0.25, 0.3) is 0 Å². The molecule has 1 amide bonds. The number of nitrogens with one attached hydrogen (secondary N) is 1. The van der Waals surface area contributed by atoms with Crippen molar-refractivity contribution in [2.75, 3.05) is 33.2 Å². The second-order valence-corrected chi connectivity index (χ2v) is 6.67. The molecule has 1 aromatic rings. The van der Waals surface area contributed by atoms with Crippen LogP contribution in [0.15, 0.2) is 24.3 Å². The Morgan fingerprint density at radius 3 is 2.87 bits per heavy atom. The molecule has 128 valence electrons. The van der Waals surface area contributed by atoms with E-state index in [1.807, 2.05) is 38.1 Å². The van der Waals surface area contributed by atoms with Crippen LogP contribution >= 0.6 is 0 Å². The highest BCUT2D eigenvalue weighted by atomic mass is 16.5. The summed E-state index contributed by atoms with van der Waals surface area (Å²) >= 11 is 0. The maximum absolute atomic E-state index is 12.2. The molecule has 0 aromatic heterocycles. The summed E-state index contributed by atoms with van der Waals surface area (Å²) in [6.07, 6.45) is 0.151. The minimum Gasteiger partial charge on any atom is -0.491 e. The Kier molecular flexibility index (Phi) is 6.42. The van der Waals surface area contributed by atoms with Gasteiger partial charge in [0, 0.05) is 32.2 Å². The van der Waals surface area contributed by atoms with Gasteiger partial charge in [-0.25, -0.2) is 0 Å². The Labute approximate surface area is 139 Å². The van der Waals surface area contributed by atoms with Crippen LogP contribution in [0, 0.1) is 0 Å². The van der Waals surface area contributed by atoms with Crippen molar-refractivity contribution < 1.29 is 9.53 Å². The molecule has 1 aliphatic heterocycles. The first-order chi connectivity index (χ1) is 10.9. The summed E-state index contributed by atoms with van der Waals surface area (Å²) in [4.78, 5) is 16.7. The van der Waals surface area contributed by atoms with Crippen LogP contribution in [0.5, 0.6) is 5.75 Å². The molecule has 1 aliphatic rings. The van der Waals surface area contributed by atoms with E-state index in [-0.39, 0.29) is 12.0 Å². The Hall–Kier alpha value is -1.59. The van der Waals surface area contributed by atoms with Crippen LogP contribution in [-0.2, 0) is 11.3 Å². The monoisotopic (exact) mass is 319 g/mol. The van der Waals surface area contributed by atoms with Gasteiger partial charge in [-0.15, -0.1) is 0 Å². The van der Waals surface area contributed by atoms with Crippen LogP contribution < -0.4 is 10.1 Å². The summed E-state index contributed by atoms with van der Waals surface area (Å²) in [7, 11) is 2.13. The summed E-state index contributed by atoms with van der Waals surface area (Å²) in [6, 6.07) is 8.31. The average molecular weight is 319 g/mol. The van der Waals surface area contributed by atoms with Crippen molar-refractivity contribution in [3.8, 4) is 5.75 Å². The predicted octanol–water partition coefficient (Wildman–Crippen LogP) is 1.73. The average Bonchev–Trinajstić information content (AvgIpc) is 2.48. The lowest BCUT2D eigenvalue weighted by Gasteiger charge is -2.37. The predicted molar refractivity (Wildman–Crippen MR) is 92.6 cm³/mol. The summed E-state index contributed by atoms with van der Waals surface area (Å²) in [5.74, 6) is 0.927. The fourth-order valence-corrected chi connectivity index (χ4v) is 2.85.